The molecule has 1 aliphatic heterocycles. The van der Waals surface area contributed by atoms with E-state index in [9.17, 15) is 0 Å². The average Bonchev–Trinajstić information content (AvgIpc) is 2.75. The van der Waals surface area contributed by atoms with Gasteiger partial charge in [-0.25, -0.2) is 0 Å². The minimum Gasteiger partial charge on any atom is -0.493 e. The van der Waals surface area contributed by atoms with Gasteiger partial charge in [-0.1, -0.05) is 54.6 Å². The van der Waals surface area contributed by atoms with Gasteiger partial charge in [-0.15, -0.1) is 0 Å². The first-order valence-electron chi connectivity index (χ1n) is 10.1. The first kappa shape index (κ1) is 18.5. The van der Waals surface area contributed by atoms with Crippen LogP contribution in [0.5, 0.6) is 5.75 Å². The Hall–Kier alpha value is -2.85. The fourth-order valence-electron chi connectivity index (χ4n) is 3.84. The number of hydrogen-bond donors (Lipinski definition) is 1. The first-order valence-corrected chi connectivity index (χ1v) is 10.1. The van der Waals surface area contributed by atoms with Crippen molar-refractivity contribution in [1.29, 1.82) is 0 Å². The number of quaternary nitrogens is 1. The van der Waals surface area contributed by atoms with Gasteiger partial charge in [-0.3, -0.25) is 5.01 Å². The summed E-state index contributed by atoms with van der Waals surface area (Å²) >= 11 is 0. The molecule has 0 saturated carbocycles. The van der Waals surface area contributed by atoms with E-state index in [0.29, 0.717) is 6.61 Å². The van der Waals surface area contributed by atoms with Gasteiger partial charge >= 0.3 is 0 Å². The zero-order valence-electron chi connectivity index (χ0n) is 16.5. The van der Waals surface area contributed by atoms with Crippen molar-refractivity contribution in [3.05, 3.63) is 77.9 Å². The van der Waals surface area contributed by atoms with Gasteiger partial charge in [0.15, 0.2) is 0 Å². The number of rotatable bonds is 6. The zero-order valence-corrected chi connectivity index (χ0v) is 16.5. The molecule has 0 amide bonds. The highest BCUT2D eigenvalue weighted by atomic mass is 16.5. The highest BCUT2D eigenvalue weighted by Crippen LogP contribution is 2.18. The summed E-state index contributed by atoms with van der Waals surface area (Å²) in [5, 5.41) is 9.59. The minimum absolute atomic E-state index is 0.668. The normalized spacial score (nSPS) is 15.4. The zero-order chi connectivity index (χ0) is 19.2. The van der Waals surface area contributed by atoms with Gasteiger partial charge in [0, 0.05) is 11.1 Å². The Labute approximate surface area is 167 Å². The van der Waals surface area contributed by atoms with Crippen LogP contribution in [-0.2, 0) is 6.54 Å². The molecule has 1 aliphatic rings. The SMILES string of the molecule is CCOc1ccccc1C=NN1CC[NH+](Cc2cccc3ccccc23)CC1. The second-order valence-electron chi connectivity index (χ2n) is 7.23. The summed E-state index contributed by atoms with van der Waals surface area (Å²) in [5.74, 6) is 0.897. The molecule has 4 nitrogen and oxygen atoms in total. The van der Waals surface area contributed by atoms with Gasteiger partial charge in [0.05, 0.1) is 39.0 Å². The van der Waals surface area contributed by atoms with Gasteiger partial charge in [0.25, 0.3) is 0 Å². The molecule has 1 heterocycles. The molecule has 4 rings (SSSR count). The van der Waals surface area contributed by atoms with Crippen molar-refractivity contribution >= 4 is 17.0 Å². The van der Waals surface area contributed by atoms with Gasteiger partial charge in [0.1, 0.15) is 12.3 Å². The largest absolute Gasteiger partial charge is 0.493 e. The maximum atomic E-state index is 5.68. The molecule has 0 aromatic heterocycles. The second-order valence-corrected chi connectivity index (χ2v) is 7.23. The predicted octanol–water partition coefficient (Wildman–Crippen LogP) is 2.97. The van der Waals surface area contributed by atoms with Crippen LogP contribution >= 0.6 is 0 Å². The van der Waals surface area contributed by atoms with Crippen molar-refractivity contribution in [3.63, 3.8) is 0 Å². The number of nitrogens with zero attached hydrogens (tertiary/aromatic N) is 2. The summed E-state index contributed by atoms with van der Waals surface area (Å²) in [6.07, 6.45) is 1.93. The van der Waals surface area contributed by atoms with E-state index in [1.165, 1.54) is 16.3 Å². The number of hydrogen-bond acceptors (Lipinski definition) is 3. The van der Waals surface area contributed by atoms with Gasteiger partial charge in [0.2, 0.25) is 0 Å². The lowest BCUT2D eigenvalue weighted by molar-refractivity contribution is -0.918. The number of hydrazone groups is 1. The smallest absolute Gasteiger partial charge is 0.128 e. The summed E-state index contributed by atoms with van der Waals surface area (Å²) in [6, 6.07) is 23.4. The van der Waals surface area contributed by atoms with Crippen LogP contribution in [0.4, 0.5) is 0 Å². The molecule has 0 unspecified atom stereocenters. The third-order valence-electron chi connectivity index (χ3n) is 5.35. The highest BCUT2D eigenvalue weighted by Gasteiger charge is 2.19. The average molecular weight is 375 g/mol. The van der Waals surface area contributed by atoms with Crippen molar-refractivity contribution in [1.82, 2.24) is 5.01 Å². The van der Waals surface area contributed by atoms with Crippen LogP contribution in [0.1, 0.15) is 18.1 Å². The fourth-order valence-corrected chi connectivity index (χ4v) is 3.84. The molecule has 0 bridgehead atoms. The number of ether oxygens (including phenoxy) is 1. The monoisotopic (exact) mass is 374 g/mol. The summed E-state index contributed by atoms with van der Waals surface area (Å²) < 4.78 is 5.68. The lowest BCUT2D eigenvalue weighted by Gasteiger charge is -2.30. The fraction of sp³-hybridized carbons (Fsp3) is 0.292. The summed E-state index contributed by atoms with van der Waals surface area (Å²) in [7, 11) is 0. The Balaban J connectivity index is 1.36. The van der Waals surface area contributed by atoms with E-state index < -0.39 is 0 Å². The van der Waals surface area contributed by atoms with Crippen molar-refractivity contribution in [3.8, 4) is 5.75 Å². The minimum atomic E-state index is 0.668. The van der Waals surface area contributed by atoms with E-state index >= 15 is 0 Å². The van der Waals surface area contributed by atoms with Crippen molar-refractivity contribution in [2.24, 2.45) is 5.10 Å². The molecular weight excluding hydrogens is 346 g/mol. The number of nitrogens with one attached hydrogen (secondary N) is 1. The Morgan fingerprint density at radius 1 is 0.964 bits per heavy atom. The van der Waals surface area contributed by atoms with Gasteiger partial charge in [-0.2, -0.15) is 5.10 Å². The Morgan fingerprint density at radius 3 is 2.57 bits per heavy atom. The second kappa shape index (κ2) is 8.89. The first-order chi connectivity index (χ1) is 13.8. The Bertz CT molecular complexity index is 940. The maximum absolute atomic E-state index is 5.68. The summed E-state index contributed by atoms with van der Waals surface area (Å²) in [6.45, 7) is 7.92. The number of para-hydroxylation sites is 1. The lowest BCUT2D eigenvalue weighted by atomic mass is 10.0. The Morgan fingerprint density at radius 2 is 1.71 bits per heavy atom. The highest BCUT2D eigenvalue weighted by molar-refractivity contribution is 5.85. The van der Waals surface area contributed by atoms with Crippen LogP contribution in [-0.4, -0.2) is 44.0 Å². The molecule has 1 N–H and O–H groups in total. The molecule has 0 aliphatic carbocycles. The van der Waals surface area contributed by atoms with Crippen LogP contribution in [0.2, 0.25) is 0 Å². The molecule has 0 spiro atoms. The molecule has 28 heavy (non-hydrogen) atoms. The van der Waals surface area contributed by atoms with Crippen LogP contribution in [0, 0.1) is 0 Å². The molecule has 3 aromatic carbocycles. The summed E-state index contributed by atoms with van der Waals surface area (Å²) in [5.41, 5.74) is 2.48. The van der Waals surface area contributed by atoms with Crippen LogP contribution < -0.4 is 9.64 Å². The van der Waals surface area contributed by atoms with E-state index in [4.69, 9.17) is 9.84 Å². The molecule has 1 saturated heterocycles. The molecule has 144 valence electrons. The third-order valence-corrected chi connectivity index (χ3v) is 5.35. The quantitative estimate of drug-likeness (QED) is 0.672. The number of piperazine rings is 1. The van der Waals surface area contributed by atoms with E-state index in [-0.39, 0.29) is 0 Å². The Kier molecular flexibility index (Phi) is 5.88. The van der Waals surface area contributed by atoms with E-state index in [0.717, 1.165) is 44.0 Å². The lowest BCUT2D eigenvalue weighted by Crippen LogP contribution is -3.13. The maximum Gasteiger partial charge on any atom is 0.128 e. The van der Waals surface area contributed by atoms with Crippen molar-refractivity contribution in [2.45, 2.75) is 13.5 Å². The third kappa shape index (κ3) is 4.34. The predicted molar refractivity (Wildman–Crippen MR) is 115 cm³/mol. The van der Waals surface area contributed by atoms with Crippen LogP contribution in [0.15, 0.2) is 71.8 Å². The van der Waals surface area contributed by atoms with Crippen LogP contribution in [0.3, 0.4) is 0 Å². The molecule has 0 atom stereocenters. The summed E-state index contributed by atoms with van der Waals surface area (Å²) in [4.78, 5) is 1.62. The van der Waals surface area contributed by atoms with E-state index in [1.54, 1.807) is 4.90 Å². The van der Waals surface area contributed by atoms with Crippen LogP contribution in [0.25, 0.3) is 10.8 Å². The van der Waals surface area contributed by atoms with E-state index in [1.807, 2.05) is 31.3 Å². The van der Waals surface area contributed by atoms with Crippen molar-refractivity contribution < 1.29 is 9.64 Å². The van der Waals surface area contributed by atoms with Gasteiger partial charge < -0.3 is 9.64 Å². The van der Waals surface area contributed by atoms with Crippen molar-refractivity contribution in [2.75, 3.05) is 32.8 Å². The molecule has 3 aromatic rings. The van der Waals surface area contributed by atoms with E-state index in [2.05, 4.69) is 53.5 Å². The topological polar surface area (TPSA) is 29.3 Å². The standard InChI is InChI=1S/C24H27N3O/c1-2-28-24-13-6-4-9-21(24)18-25-27-16-14-26(15-17-27)19-22-11-7-10-20-8-3-5-12-23(20)22/h3-13,18H,2,14-17,19H2,1H3/p+1. The molecule has 1 fully saturated rings. The number of fused-ring (bicyclic) bond motifs is 1. The van der Waals surface area contributed by atoms with Gasteiger partial charge in [-0.05, 0) is 29.8 Å². The molecular formula is C24H28N3O+. The number of benzene rings is 3. The molecule has 0 radical (unpaired) electrons. The molecule has 4 heteroatoms.